The zero-order chi connectivity index (χ0) is 10.5. The zero-order valence-corrected chi connectivity index (χ0v) is 9.03. The van der Waals surface area contributed by atoms with E-state index in [4.69, 9.17) is 0 Å². The first kappa shape index (κ1) is 10.2. The maximum atomic E-state index is 4.07. The van der Waals surface area contributed by atoms with Crippen LogP contribution in [0.2, 0.25) is 0 Å². The van der Waals surface area contributed by atoms with Crippen LogP contribution in [0.15, 0.2) is 12.4 Å². The van der Waals surface area contributed by atoms with Gasteiger partial charge in [-0.3, -0.25) is 9.58 Å². The Labute approximate surface area is 90.3 Å². The first-order valence-corrected chi connectivity index (χ1v) is 5.25. The molecule has 15 heavy (non-hydrogen) atoms. The van der Waals surface area contributed by atoms with Crippen LogP contribution in [-0.4, -0.2) is 47.4 Å². The van der Waals surface area contributed by atoms with Crippen molar-refractivity contribution in [2.24, 2.45) is 7.05 Å². The van der Waals surface area contributed by atoms with Crippen LogP contribution in [0.4, 0.5) is 0 Å². The summed E-state index contributed by atoms with van der Waals surface area (Å²) < 4.78 is 1.77. The predicted octanol–water partition coefficient (Wildman–Crippen LogP) is -0.323. The summed E-state index contributed by atoms with van der Waals surface area (Å²) in [6.07, 6.45) is 3.73. The van der Waals surface area contributed by atoms with E-state index in [2.05, 4.69) is 27.2 Å². The van der Waals surface area contributed by atoms with E-state index in [1.54, 1.807) is 10.9 Å². The van der Waals surface area contributed by atoms with Gasteiger partial charge in [-0.25, -0.2) is 0 Å². The second kappa shape index (κ2) is 4.96. The number of nitrogens with zero attached hydrogens (tertiary/aromatic N) is 3. The zero-order valence-electron chi connectivity index (χ0n) is 9.03. The molecule has 4 heteroatoms. The van der Waals surface area contributed by atoms with Gasteiger partial charge in [-0.2, -0.15) is 5.10 Å². The fraction of sp³-hybridized carbons (Fsp3) is 0.545. The maximum Gasteiger partial charge on any atom is 0.0646 e. The second-order valence-corrected chi connectivity index (χ2v) is 3.73. The maximum absolute atomic E-state index is 4.07. The molecule has 4 nitrogen and oxygen atoms in total. The van der Waals surface area contributed by atoms with Crippen LogP contribution in [0.5, 0.6) is 0 Å². The predicted molar refractivity (Wildman–Crippen MR) is 59.4 cm³/mol. The molecule has 1 aliphatic heterocycles. The molecule has 1 aromatic rings. The van der Waals surface area contributed by atoms with Crippen molar-refractivity contribution in [1.29, 1.82) is 0 Å². The van der Waals surface area contributed by atoms with Gasteiger partial charge in [0.1, 0.15) is 0 Å². The Morgan fingerprint density at radius 1 is 1.47 bits per heavy atom. The van der Waals surface area contributed by atoms with Crippen LogP contribution in [0, 0.1) is 11.8 Å². The highest BCUT2D eigenvalue weighted by molar-refractivity contribution is 5.29. The molecule has 2 rings (SSSR count). The van der Waals surface area contributed by atoms with Gasteiger partial charge in [0.05, 0.1) is 18.3 Å². The van der Waals surface area contributed by atoms with Crippen molar-refractivity contribution in [3.05, 3.63) is 18.0 Å². The monoisotopic (exact) mass is 204 g/mol. The average Bonchev–Trinajstić information content (AvgIpc) is 2.66. The number of aromatic nitrogens is 2. The summed E-state index contributed by atoms with van der Waals surface area (Å²) in [6, 6.07) is 0. The van der Waals surface area contributed by atoms with E-state index >= 15 is 0 Å². The molecule has 0 aromatic carbocycles. The summed E-state index contributed by atoms with van der Waals surface area (Å²) in [4.78, 5) is 2.36. The molecular weight excluding hydrogens is 188 g/mol. The lowest BCUT2D eigenvalue weighted by Crippen LogP contribution is -2.43. The summed E-state index contributed by atoms with van der Waals surface area (Å²) in [5.41, 5.74) is 0.993. The van der Waals surface area contributed by atoms with Crippen LogP contribution in [0.25, 0.3) is 0 Å². The second-order valence-electron chi connectivity index (χ2n) is 3.73. The van der Waals surface area contributed by atoms with Gasteiger partial charge < -0.3 is 5.32 Å². The number of aryl methyl sites for hydroxylation is 1. The topological polar surface area (TPSA) is 33.1 Å². The van der Waals surface area contributed by atoms with Gasteiger partial charge in [-0.05, 0) is 0 Å². The van der Waals surface area contributed by atoms with Crippen molar-refractivity contribution in [3.63, 3.8) is 0 Å². The lowest BCUT2D eigenvalue weighted by Gasteiger charge is -2.24. The third kappa shape index (κ3) is 3.08. The van der Waals surface area contributed by atoms with Crippen LogP contribution in [-0.2, 0) is 7.05 Å². The van der Waals surface area contributed by atoms with Gasteiger partial charge in [-0.1, -0.05) is 11.8 Å². The molecule has 2 heterocycles. The van der Waals surface area contributed by atoms with Gasteiger partial charge in [0.15, 0.2) is 0 Å². The van der Waals surface area contributed by atoms with E-state index in [1.165, 1.54) is 0 Å². The molecule has 0 spiro atoms. The molecule has 0 amide bonds. The van der Waals surface area contributed by atoms with Crippen molar-refractivity contribution >= 4 is 0 Å². The van der Waals surface area contributed by atoms with Crippen molar-refractivity contribution in [1.82, 2.24) is 20.0 Å². The fourth-order valence-corrected chi connectivity index (χ4v) is 1.61. The first-order valence-electron chi connectivity index (χ1n) is 5.25. The van der Waals surface area contributed by atoms with Crippen LogP contribution in [0.3, 0.4) is 0 Å². The molecule has 1 N–H and O–H groups in total. The van der Waals surface area contributed by atoms with Crippen molar-refractivity contribution < 1.29 is 0 Å². The molecule has 1 saturated heterocycles. The van der Waals surface area contributed by atoms with Gasteiger partial charge in [0.2, 0.25) is 0 Å². The molecule has 1 aromatic heterocycles. The highest BCUT2D eigenvalue weighted by Crippen LogP contribution is 1.93. The standard InChI is InChI=1S/C11H16N4/c1-14-10-11(9-13-14)3-2-6-15-7-4-12-5-8-15/h9-10,12H,4-8H2,1H3. The van der Waals surface area contributed by atoms with E-state index in [1.807, 2.05) is 13.2 Å². The number of hydrogen-bond donors (Lipinski definition) is 1. The van der Waals surface area contributed by atoms with Crippen molar-refractivity contribution in [2.45, 2.75) is 0 Å². The van der Waals surface area contributed by atoms with Crippen molar-refractivity contribution in [2.75, 3.05) is 32.7 Å². The fourth-order valence-electron chi connectivity index (χ4n) is 1.61. The van der Waals surface area contributed by atoms with E-state index in [-0.39, 0.29) is 0 Å². The normalized spacial score (nSPS) is 17.1. The molecule has 0 unspecified atom stereocenters. The summed E-state index contributed by atoms with van der Waals surface area (Å²) in [6.45, 7) is 5.21. The molecular formula is C11H16N4. The minimum atomic E-state index is 0.858. The molecule has 0 atom stereocenters. The molecule has 1 aliphatic rings. The Bertz CT molecular complexity index is 365. The molecule has 0 aliphatic carbocycles. The Balaban J connectivity index is 1.84. The Morgan fingerprint density at radius 2 is 2.27 bits per heavy atom. The highest BCUT2D eigenvalue weighted by atomic mass is 15.2. The third-order valence-electron chi connectivity index (χ3n) is 2.45. The quantitative estimate of drug-likeness (QED) is 0.636. The third-order valence-corrected chi connectivity index (χ3v) is 2.45. The molecule has 0 bridgehead atoms. The van der Waals surface area contributed by atoms with Gasteiger partial charge in [-0.15, -0.1) is 0 Å². The highest BCUT2D eigenvalue weighted by Gasteiger charge is 2.06. The Hall–Kier alpha value is -1.31. The Morgan fingerprint density at radius 3 is 2.93 bits per heavy atom. The van der Waals surface area contributed by atoms with E-state index in [9.17, 15) is 0 Å². The minimum absolute atomic E-state index is 0.858. The lowest BCUT2D eigenvalue weighted by molar-refractivity contribution is 0.268. The number of hydrogen-bond acceptors (Lipinski definition) is 3. The number of nitrogens with one attached hydrogen (secondary N) is 1. The summed E-state index contributed by atoms with van der Waals surface area (Å²) in [7, 11) is 1.90. The molecule has 1 fully saturated rings. The van der Waals surface area contributed by atoms with Gasteiger partial charge >= 0.3 is 0 Å². The lowest BCUT2D eigenvalue weighted by atomic mass is 10.3. The van der Waals surface area contributed by atoms with Crippen molar-refractivity contribution in [3.8, 4) is 11.8 Å². The smallest absolute Gasteiger partial charge is 0.0646 e. The summed E-state index contributed by atoms with van der Waals surface area (Å²) >= 11 is 0. The average molecular weight is 204 g/mol. The van der Waals surface area contributed by atoms with Crippen LogP contribution < -0.4 is 5.32 Å². The minimum Gasteiger partial charge on any atom is -0.314 e. The Kier molecular flexibility index (Phi) is 3.38. The van der Waals surface area contributed by atoms with Crippen LogP contribution >= 0.6 is 0 Å². The number of piperazine rings is 1. The van der Waals surface area contributed by atoms with E-state index < -0.39 is 0 Å². The largest absolute Gasteiger partial charge is 0.314 e. The van der Waals surface area contributed by atoms with Gasteiger partial charge in [0.25, 0.3) is 0 Å². The SMILES string of the molecule is Cn1cc(C#CCN2CCNCC2)cn1. The molecule has 80 valence electrons. The number of rotatable bonds is 1. The van der Waals surface area contributed by atoms with E-state index in [0.717, 1.165) is 38.3 Å². The molecule has 0 radical (unpaired) electrons. The molecule has 0 saturated carbocycles. The summed E-state index contributed by atoms with van der Waals surface area (Å²) in [5, 5.41) is 7.40. The first-order chi connectivity index (χ1) is 7.34. The van der Waals surface area contributed by atoms with Gasteiger partial charge in [0, 0.05) is 39.4 Å². The summed E-state index contributed by atoms with van der Waals surface area (Å²) in [5.74, 6) is 6.30. The van der Waals surface area contributed by atoms with Crippen LogP contribution in [0.1, 0.15) is 5.56 Å². The van der Waals surface area contributed by atoms with E-state index in [0.29, 0.717) is 0 Å².